The molecule has 2 aliphatic rings. The Morgan fingerprint density at radius 1 is 1.17 bits per heavy atom. The molecule has 0 aromatic carbocycles. The van der Waals surface area contributed by atoms with E-state index in [1.54, 1.807) is 0 Å². The number of fused-ring (bicyclic) bond motifs is 1. The molecule has 0 spiro atoms. The SMILES string of the molecule is CC1C(=O)C2(C)C(C1C)C2(C)C. The van der Waals surface area contributed by atoms with Gasteiger partial charge in [-0.05, 0) is 17.3 Å². The van der Waals surface area contributed by atoms with E-state index in [2.05, 4.69) is 34.6 Å². The van der Waals surface area contributed by atoms with Crippen LogP contribution in [0.4, 0.5) is 0 Å². The van der Waals surface area contributed by atoms with Gasteiger partial charge in [0.25, 0.3) is 0 Å². The Balaban J connectivity index is 2.40. The van der Waals surface area contributed by atoms with Crippen LogP contribution in [0, 0.1) is 28.6 Å². The normalized spacial score (nSPS) is 55.4. The maximum atomic E-state index is 11.9. The Hall–Kier alpha value is -0.330. The van der Waals surface area contributed by atoms with Crippen LogP contribution in [0.25, 0.3) is 0 Å². The number of ketones is 1. The van der Waals surface area contributed by atoms with Crippen molar-refractivity contribution < 1.29 is 4.79 Å². The molecule has 0 heterocycles. The van der Waals surface area contributed by atoms with E-state index in [9.17, 15) is 4.79 Å². The molecule has 2 rings (SSSR count). The monoisotopic (exact) mass is 166 g/mol. The molecule has 4 unspecified atom stereocenters. The molecule has 0 bridgehead atoms. The lowest BCUT2D eigenvalue weighted by Crippen LogP contribution is -2.24. The van der Waals surface area contributed by atoms with E-state index in [1.807, 2.05) is 0 Å². The molecule has 1 heteroatoms. The summed E-state index contributed by atoms with van der Waals surface area (Å²) in [7, 11) is 0. The van der Waals surface area contributed by atoms with Gasteiger partial charge >= 0.3 is 0 Å². The smallest absolute Gasteiger partial charge is 0.142 e. The predicted molar refractivity (Wildman–Crippen MR) is 48.7 cm³/mol. The number of hydrogen-bond acceptors (Lipinski definition) is 1. The van der Waals surface area contributed by atoms with Crippen molar-refractivity contribution in [3.63, 3.8) is 0 Å². The van der Waals surface area contributed by atoms with Crippen molar-refractivity contribution in [2.24, 2.45) is 28.6 Å². The number of Topliss-reactive ketones (excluding diaryl/α,β-unsaturated/α-hetero) is 1. The second-order valence-electron chi connectivity index (χ2n) is 5.41. The molecular formula is C11H18O. The van der Waals surface area contributed by atoms with E-state index in [1.165, 1.54) is 0 Å². The van der Waals surface area contributed by atoms with Crippen LogP contribution < -0.4 is 0 Å². The van der Waals surface area contributed by atoms with Crippen LogP contribution >= 0.6 is 0 Å². The molecule has 0 radical (unpaired) electrons. The average Bonchev–Trinajstić information content (AvgIpc) is 2.35. The minimum Gasteiger partial charge on any atom is -0.299 e. The summed E-state index contributed by atoms with van der Waals surface area (Å²) in [5.41, 5.74) is 0.293. The fraction of sp³-hybridized carbons (Fsp3) is 0.909. The van der Waals surface area contributed by atoms with E-state index in [0.29, 0.717) is 23.5 Å². The quantitative estimate of drug-likeness (QED) is 0.540. The van der Waals surface area contributed by atoms with Crippen molar-refractivity contribution >= 4 is 5.78 Å². The Kier molecular flexibility index (Phi) is 1.23. The van der Waals surface area contributed by atoms with Gasteiger partial charge in [0.05, 0.1) is 0 Å². The summed E-state index contributed by atoms with van der Waals surface area (Å²) >= 11 is 0. The third kappa shape index (κ3) is 0.541. The number of carbonyl (C=O) groups excluding carboxylic acids is 1. The molecule has 0 saturated heterocycles. The summed E-state index contributed by atoms with van der Waals surface area (Å²) in [6.45, 7) is 10.9. The highest BCUT2D eigenvalue weighted by molar-refractivity contribution is 5.94. The zero-order valence-electron chi connectivity index (χ0n) is 8.64. The summed E-state index contributed by atoms with van der Waals surface area (Å²) < 4.78 is 0. The van der Waals surface area contributed by atoms with Gasteiger partial charge in [-0.1, -0.05) is 34.6 Å². The lowest BCUT2D eigenvalue weighted by molar-refractivity contribution is -0.127. The molecule has 0 aliphatic heterocycles. The van der Waals surface area contributed by atoms with Crippen molar-refractivity contribution in [3.05, 3.63) is 0 Å². The average molecular weight is 166 g/mol. The second-order valence-corrected chi connectivity index (χ2v) is 5.41. The Labute approximate surface area is 74.5 Å². The molecule has 68 valence electrons. The summed E-state index contributed by atoms with van der Waals surface area (Å²) in [5.74, 6) is 2.04. The Bertz CT molecular complexity index is 254. The second kappa shape index (κ2) is 1.78. The largest absolute Gasteiger partial charge is 0.299 e. The van der Waals surface area contributed by atoms with Crippen molar-refractivity contribution in [2.45, 2.75) is 34.6 Å². The highest BCUT2D eigenvalue weighted by Gasteiger charge is 2.78. The van der Waals surface area contributed by atoms with Gasteiger partial charge < -0.3 is 0 Å². The third-order valence-corrected chi connectivity index (χ3v) is 4.89. The van der Waals surface area contributed by atoms with Gasteiger partial charge in [-0.25, -0.2) is 0 Å². The molecule has 2 saturated carbocycles. The molecule has 2 aliphatic carbocycles. The minimum absolute atomic E-state index is 0.0197. The van der Waals surface area contributed by atoms with Crippen LogP contribution in [-0.4, -0.2) is 5.78 Å². The fourth-order valence-electron chi connectivity index (χ4n) is 3.68. The minimum atomic E-state index is 0.0197. The van der Waals surface area contributed by atoms with Gasteiger partial charge in [0.1, 0.15) is 5.78 Å². The van der Waals surface area contributed by atoms with Crippen LogP contribution in [0.15, 0.2) is 0 Å². The summed E-state index contributed by atoms with van der Waals surface area (Å²) in [6.07, 6.45) is 0. The first-order valence-corrected chi connectivity index (χ1v) is 4.89. The molecule has 4 atom stereocenters. The molecule has 1 nitrogen and oxygen atoms in total. The lowest BCUT2D eigenvalue weighted by atomic mass is 9.83. The molecule has 0 aromatic heterocycles. The highest BCUT2D eigenvalue weighted by atomic mass is 16.1. The van der Waals surface area contributed by atoms with Gasteiger partial charge in [-0.2, -0.15) is 0 Å². The first-order valence-electron chi connectivity index (χ1n) is 4.89. The lowest BCUT2D eigenvalue weighted by Gasteiger charge is -2.20. The van der Waals surface area contributed by atoms with E-state index < -0.39 is 0 Å². The number of rotatable bonds is 0. The van der Waals surface area contributed by atoms with Crippen LogP contribution in [0.1, 0.15) is 34.6 Å². The van der Waals surface area contributed by atoms with E-state index in [0.717, 1.165) is 0 Å². The van der Waals surface area contributed by atoms with Gasteiger partial charge in [-0.15, -0.1) is 0 Å². The summed E-state index contributed by atoms with van der Waals surface area (Å²) in [4.78, 5) is 11.9. The highest BCUT2D eigenvalue weighted by Crippen LogP contribution is 2.77. The standard InChI is InChI=1S/C11H18O/c1-6-7(2)9(12)11(5)8(6)10(11,3)4/h6-8H,1-5H3. The Morgan fingerprint density at radius 2 is 1.67 bits per heavy atom. The first kappa shape index (κ1) is 8.28. The van der Waals surface area contributed by atoms with Gasteiger partial charge in [0.2, 0.25) is 0 Å². The molecular weight excluding hydrogens is 148 g/mol. The van der Waals surface area contributed by atoms with Crippen molar-refractivity contribution in [1.82, 2.24) is 0 Å². The summed E-state index contributed by atoms with van der Waals surface area (Å²) in [6, 6.07) is 0. The number of carbonyl (C=O) groups is 1. The van der Waals surface area contributed by atoms with Crippen molar-refractivity contribution in [3.8, 4) is 0 Å². The zero-order chi connectivity index (χ0) is 9.31. The summed E-state index contributed by atoms with van der Waals surface area (Å²) in [5, 5.41) is 0. The van der Waals surface area contributed by atoms with Gasteiger partial charge in [0.15, 0.2) is 0 Å². The maximum absolute atomic E-state index is 11.9. The molecule has 0 aromatic rings. The van der Waals surface area contributed by atoms with E-state index >= 15 is 0 Å². The van der Waals surface area contributed by atoms with Crippen LogP contribution in [0.2, 0.25) is 0 Å². The zero-order valence-corrected chi connectivity index (χ0v) is 8.64. The number of hydrogen-bond donors (Lipinski definition) is 0. The fourth-order valence-corrected chi connectivity index (χ4v) is 3.68. The van der Waals surface area contributed by atoms with Gasteiger partial charge in [0, 0.05) is 11.3 Å². The maximum Gasteiger partial charge on any atom is 0.142 e. The molecule has 0 N–H and O–H groups in total. The van der Waals surface area contributed by atoms with E-state index in [4.69, 9.17) is 0 Å². The first-order chi connectivity index (χ1) is 5.35. The van der Waals surface area contributed by atoms with E-state index in [-0.39, 0.29) is 10.8 Å². The van der Waals surface area contributed by atoms with Gasteiger partial charge in [-0.3, -0.25) is 4.79 Å². The van der Waals surface area contributed by atoms with Crippen molar-refractivity contribution in [2.75, 3.05) is 0 Å². The topological polar surface area (TPSA) is 17.1 Å². The van der Waals surface area contributed by atoms with Crippen LogP contribution in [0.3, 0.4) is 0 Å². The molecule has 12 heavy (non-hydrogen) atoms. The molecule has 2 fully saturated rings. The molecule has 0 amide bonds. The van der Waals surface area contributed by atoms with Crippen molar-refractivity contribution in [1.29, 1.82) is 0 Å². The van der Waals surface area contributed by atoms with Crippen LogP contribution in [0.5, 0.6) is 0 Å². The predicted octanol–water partition coefficient (Wildman–Crippen LogP) is 2.50. The Morgan fingerprint density at radius 3 is 1.92 bits per heavy atom. The van der Waals surface area contributed by atoms with Crippen LogP contribution in [-0.2, 0) is 4.79 Å². The third-order valence-electron chi connectivity index (χ3n) is 4.89.